The molecular weight excluding hydrogens is 464 g/mol. The molecule has 0 spiro atoms. The molecule has 0 aromatic carbocycles. The van der Waals surface area contributed by atoms with Gasteiger partial charge in [0.05, 0.1) is 5.56 Å². The number of pyridine rings is 1. The third-order valence-electron chi connectivity index (χ3n) is 3.69. The molecule has 0 saturated carbocycles. The van der Waals surface area contributed by atoms with Gasteiger partial charge in [-0.1, -0.05) is 0 Å². The lowest BCUT2D eigenvalue weighted by atomic mass is 10.1. The number of nitriles is 1. The molecule has 172 valence electrons. The van der Waals surface area contributed by atoms with Gasteiger partial charge in [0.15, 0.2) is 11.5 Å². The summed E-state index contributed by atoms with van der Waals surface area (Å²) in [6.45, 7) is 0. The van der Waals surface area contributed by atoms with Crippen molar-refractivity contribution in [3.05, 3.63) is 34.6 Å². The standard InChI is InChI=1S/C15H8F8N6O3/c1-29-10(7(14(18,19)20)8(28-29)13(16,17)15(21,22)23)27-11(30)6-3-2-5(4-24)9(25-6)26-12(31)32/h2-3H,1H3,(H,25,26)(H,27,30)(H,31,32). The highest BCUT2D eigenvalue weighted by atomic mass is 19.4. The van der Waals surface area contributed by atoms with E-state index < -0.39 is 58.9 Å². The van der Waals surface area contributed by atoms with Crippen LogP contribution in [0.3, 0.4) is 0 Å². The Morgan fingerprint density at radius 1 is 1.09 bits per heavy atom. The number of carboxylic acid groups (broad SMARTS) is 1. The zero-order valence-corrected chi connectivity index (χ0v) is 15.2. The number of aryl methyl sites for hydroxylation is 1. The molecule has 2 rings (SSSR count). The van der Waals surface area contributed by atoms with E-state index in [4.69, 9.17) is 10.4 Å². The fourth-order valence-electron chi connectivity index (χ4n) is 2.33. The number of anilines is 2. The Labute approximate surface area is 171 Å². The van der Waals surface area contributed by atoms with Gasteiger partial charge in [-0.3, -0.25) is 14.8 Å². The van der Waals surface area contributed by atoms with Gasteiger partial charge in [0.2, 0.25) is 0 Å². The van der Waals surface area contributed by atoms with E-state index in [-0.39, 0.29) is 10.2 Å². The largest absolute Gasteiger partial charge is 0.465 e. The highest BCUT2D eigenvalue weighted by Gasteiger charge is 2.64. The SMILES string of the molecule is Cn1nc(C(F)(F)C(F)(F)F)c(C(F)(F)F)c1NC(=O)c1ccc(C#N)c(NC(=O)O)n1. The van der Waals surface area contributed by atoms with Gasteiger partial charge in [-0.25, -0.2) is 9.78 Å². The number of carbonyl (C=O) groups is 2. The minimum absolute atomic E-state index is 0.0459. The zero-order valence-electron chi connectivity index (χ0n) is 15.2. The molecule has 0 fully saturated rings. The van der Waals surface area contributed by atoms with Crippen LogP contribution in [-0.4, -0.2) is 38.0 Å². The molecule has 0 saturated heterocycles. The van der Waals surface area contributed by atoms with Crippen LogP contribution in [0.5, 0.6) is 0 Å². The second-order valence-electron chi connectivity index (χ2n) is 5.85. The zero-order chi connectivity index (χ0) is 24.6. The van der Waals surface area contributed by atoms with E-state index in [1.807, 2.05) is 0 Å². The Morgan fingerprint density at radius 3 is 2.16 bits per heavy atom. The molecule has 0 bridgehead atoms. The molecule has 0 aliphatic heterocycles. The topological polar surface area (TPSA) is 133 Å². The lowest BCUT2D eigenvalue weighted by molar-refractivity contribution is -0.292. The van der Waals surface area contributed by atoms with Crippen molar-refractivity contribution in [1.82, 2.24) is 14.8 Å². The van der Waals surface area contributed by atoms with Crippen LogP contribution >= 0.6 is 0 Å². The number of hydrogen-bond acceptors (Lipinski definition) is 5. The summed E-state index contributed by atoms with van der Waals surface area (Å²) in [4.78, 5) is 26.4. The summed E-state index contributed by atoms with van der Waals surface area (Å²) in [5, 5.41) is 23.3. The van der Waals surface area contributed by atoms with Crippen LogP contribution in [0.1, 0.15) is 27.3 Å². The molecule has 2 aromatic heterocycles. The number of carbonyl (C=O) groups excluding carboxylic acids is 1. The Balaban J connectivity index is 2.58. The van der Waals surface area contributed by atoms with Crippen LogP contribution in [0.15, 0.2) is 12.1 Å². The average molecular weight is 472 g/mol. The van der Waals surface area contributed by atoms with Gasteiger partial charge in [-0.05, 0) is 12.1 Å². The molecule has 0 aliphatic carbocycles. The molecule has 2 amide bonds. The van der Waals surface area contributed by atoms with Gasteiger partial charge in [0.25, 0.3) is 5.91 Å². The highest BCUT2D eigenvalue weighted by Crippen LogP contribution is 2.49. The first-order valence-electron chi connectivity index (χ1n) is 7.82. The fourth-order valence-corrected chi connectivity index (χ4v) is 2.33. The lowest BCUT2D eigenvalue weighted by Crippen LogP contribution is -2.36. The fraction of sp³-hybridized carbons (Fsp3) is 0.267. The van der Waals surface area contributed by atoms with Gasteiger partial charge in [0.1, 0.15) is 23.1 Å². The smallest absolute Gasteiger partial charge is 0.459 e. The quantitative estimate of drug-likeness (QED) is 0.582. The van der Waals surface area contributed by atoms with Crippen molar-refractivity contribution in [2.24, 2.45) is 7.05 Å². The number of amides is 2. The first kappa shape index (κ1) is 24.3. The van der Waals surface area contributed by atoms with Crippen molar-refractivity contribution < 1.29 is 49.8 Å². The summed E-state index contributed by atoms with van der Waals surface area (Å²) in [6, 6.07) is 3.16. The Kier molecular flexibility index (Phi) is 6.03. The minimum Gasteiger partial charge on any atom is -0.465 e. The maximum absolute atomic E-state index is 13.6. The van der Waals surface area contributed by atoms with E-state index in [1.165, 1.54) is 11.4 Å². The van der Waals surface area contributed by atoms with Crippen molar-refractivity contribution in [2.45, 2.75) is 18.3 Å². The molecule has 2 heterocycles. The summed E-state index contributed by atoms with van der Waals surface area (Å²) in [5.74, 6) is -9.80. The Hall–Kier alpha value is -3.97. The highest BCUT2D eigenvalue weighted by molar-refractivity contribution is 6.03. The van der Waals surface area contributed by atoms with E-state index in [0.29, 0.717) is 7.05 Å². The van der Waals surface area contributed by atoms with E-state index in [1.54, 1.807) is 5.32 Å². The maximum Gasteiger partial charge on any atom is 0.459 e. The normalized spacial score (nSPS) is 12.2. The van der Waals surface area contributed by atoms with Crippen LogP contribution < -0.4 is 10.6 Å². The van der Waals surface area contributed by atoms with Gasteiger partial charge < -0.3 is 10.4 Å². The number of nitrogens with one attached hydrogen (secondary N) is 2. The first-order chi connectivity index (χ1) is 14.5. The number of rotatable bonds is 4. The van der Waals surface area contributed by atoms with Crippen molar-refractivity contribution in [1.29, 1.82) is 5.26 Å². The summed E-state index contributed by atoms with van der Waals surface area (Å²) < 4.78 is 105. The van der Waals surface area contributed by atoms with E-state index in [0.717, 1.165) is 12.1 Å². The lowest BCUT2D eigenvalue weighted by Gasteiger charge is -2.19. The molecule has 0 aliphatic rings. The molecule has 3 N–H and O–H groups in total. The van der Waals surface area contributed by atoms with Gasteiger partial charge >= 0.3 is 24.4 Å². The molecule has 17 heteroatoms. The van der Waals surface area contributed by atoms with E-state index in [2.05, 4.69) is 10.1 Å². The number of aromatic nitrogens is 3. The summed E-state index contributed by atoms with van der Waals surface area (Å²) in [5.41, 5.74) is -6.41. The monoisotopic (exact) mass is 472 g/mol. The van der Waals surface area contributed by atoms with Crippen molar-refractivity contribution in [3.8, 4) is 6.07 Å². The molecule has 9 nitrogen and oxygen atoms in total. The Morgan fingerprint density at radius 2 is 1.69 bits per heavy atom. The minimum atomic E-state index is -6.42. The van der Waals surface area contributed by atoms with Crippen LogP contribution in [0, 0.1) is 11.3 Å². The van der Waals surface area contributed by atoms with Crippen LogP contribution in [0.2, 0.25) is 0 Å². The number of hydrogen-bond donors (Lipinski definition) is 3. The number of alkyl halides is 8. The molecule has 0 atom stereocenters. The van der Waals surface area contributed by atoms with Crippen LogP contribution in [0.25, 0.3) is 0 Å². The second kappa shape index (κ2) is 7.94. The van der Waals surface area contributed by atoms with E-state index in [9.17, 15) is 44.7 Å². The molecule has 2 aromatic rings. The Bertz CT molecular complexity index is 1120. The number of nitrogens with zero attached hydrogens (tertiary/aromatic N) is 4. The van der Waals surface area contributed by atoms with Crippen LogP contribution in [-0.2, 0) is 19.1 Å². The van der Waals surface area contributed by atoms with Crippen molar-refractivity contribution in [2.75, 3.05) is 10.6 Å². The predicted octanol–water partition coefficient (Wildman–Crippen LogP) is 3.70. The average Bonchev–Trinajstić information content (AvgIpc) is 2.97. The summed E-state index contributed by atoms with van der Waals surface area (Å²) >= 11 is 0. The van der Waals surface area contributed by atoms with Crippen molar-refractivity contribution >= 4 is 23.6 Å². The number of halogens is 8. The molecule has 0 radical (unpaired) electrons. The first-order valence-corrected chi connectivity index (χ1v) is 7.82. The van der Waals surface area contributed by atoms with Crippen LogP contribution in [0.4, 0.5) is 51.6 Å². The molecular formula is C15H8F8N6O3. The third-order valence-corrected chi connectivity index (χ3v) is 3.69. The van der Waals surface area contributed by atoms with Gasteiger partial charge in [0, 0.05) is 7.05 Å². The third kappa shape index (κ3) is 4.53. The second-order valence-corrected chi connectivity index (χ2v) is 5.85. The maximum atomic E-state index is 13.6. The summed E-state index contributed by atoms with van der Waals surface area (Å²) in [7, 11) is 0.574. The van der Waals surface area contributed by atoms with E-state index >= 15 is 0 Å². The summed E-state index contributed by atoms with van der Waals surface area (Å²) in [6.07, 6.45) is -13.9. The van der Waals surface area contributed by atoms with Crippen molar-refractivity contribution in [3.63, 3.8) is 0 Å². The van der Waals surface area contributed by atoms with Gasteiger partial charge in [-0.15, -0.1) is 0 Å². The molecule has 0 unspecified atom stereocenters. The van der Waals surface area contributed by atoms with Gasteiger partial charge in [-0.2, -0.15) is 45.5 Å². The predicted molar refractivity (Wildman–Crippen MR) is 86.7 cm³/mol. The molecule has 32 heavy (non-hydrogen) atoms.